The molecule has 210 valence electrons. The van der Waals surface area contributed by atoms with Gasteiger partial charge in [-0.15, -0.1) is 13.2 Å². The topological polar surface area (TPSA) is 41.9 Å². The maximum Gasteiger partial charge on any atom is 0.573 e. The molecule has 4 rings (SSSR count). The van der Waals surface area contributed by atoms with E-state index in [1.165, 1.54) is 30.3 Å². The maximum absolute atomic E-state index is 13.9. The average molecular weight is 561 g/mol. The molecule has 3 aromatic carbocycles. The van der Waals surface area contributed by atoms with E-state index in [0.717, 1.165) is 37.1 Å². The molecule has 3 aromatic rings. The van der Waals surface area contributed by atoms with Crippen LogP contribution in [0.2, 0.25) is 0 Å². The Kier molecular flexibility index (Phi) is 7.97. The lowest BCUT2D eigenvalue weighted by Gasteiger charge is -2.28. The SMILES string of the molecule is OC(CN(Cc1cccc(C(F)(F)C(F)(F)F)c1)c1cccc(Oc2cccc(OC(F)(F)F)c2)c1)C1CC1. The molecule has 0 radical (unpaired) electrons. The largest absolute Gasteiger partial charge is 0.573 e. The minimum absolute atomic E-state index is 0.0422. The zero-order valence-electron chi connectivity index (χ0n) is 20.1. The number of nitrogens with zero attached hydrogens (tertiary/aromatic N) is 1. The summed E-state index contributed by atoms with van der Waals surface area (Å²) >= 11 is 0. The predicted octanol–water partition coefficient (Wildman–Crippen LogP) is 7.81. The van der Waals surface area contributed by atoms with E-state index < -0.39 is 35.9 Å². The van der Waals surface area contributed by atoms with E-state index in [9.17, 15) is 40.2 Å². The summed E-state index contributed by atoms with van der Waals surface area (Å²) in [5.74, 6) is -5.23. The van der Waals surface area contributed by atoms with Crippen LogP contribution in [0.1, 0.15) is 24.0 Å². The van der Waals surface area contributed by atoms with Crippen molar-refractivity contribution in [3.63, 3.8) is 0 Å². The number of alkyl halides is 8. The standard InChI is InChI=1S/C27H23F8NO3/c28-25(29,26(30,31)32)19-5-1-4-17(12-19)15-36(16-24(37)18-10-11-18)20-6-2-7-21(13-20)38-22-8-3-9-23(14-22)39-27(33,34)35/h1-9,12-14,18,24,37H,10-11,15-16H2. The van der Waals surface area contributed by atoms with Crippen LogP contribution in [0.25, 0.3) is 0 Å². The summed E-state index contributed by atoms with van der Waals surface area (Å²) in [5, 5.41) is 10.6. The molecule has 0 aliphatic heterocycles. The fraction of sp³-hybridized carbons (Fsp3) is 0.333. The first kappa shape index (κ1) is 28.5. The first-order valence-corrected chi connectivity index (χ1v) is 11.8. The van der Waals surface area contributed by atoms with Crippen LogP contribution in [-0.2, 0) is 12.5 Å². The number of aliphatic hydroxyl groups excluding tert-OH is 1. The van der Waals surface area contributed by atoms with Crippen LogP contribution in [-0.4, -0.2) is 30.3 Å². The summed E-state index contributed by atoms with van der Waals surface area (Å²) in [7, 11) is 0. The molecule has 1 aliphatic rings. The van der Waals surface area contributed by atoms with Crippen LogP contribution in [0, 0.1) is 5.92 Å². The molecule has 0 saturated heterocycles. The Hall–Kier alpha value is -3.54. The Bertz CT molecular complexity index is 1270. The number of hydrogen-bond acceptors (Lipinski definition) is 4. The van der Waals surface area contributed by atoms with Crippen molar-refractivity contribution in [2.75, 3.05) is 11.4 Å². The lowest BCUT2D eigenvalue weighted by Crippen LogP contribution is -2.34. The van der Waals surface area contributed by atoms with Crippen LogP contribution in [0.3, 0.4) is 0 Å². The number of halogens is 8. The highest BCUT2D eigenvalue weighted by atomic mass is 19.4. The molecule has 1 saturated carbocycles. The van der Waals surface area contributed by atoms with Crippen molar-refractivity contribution >= 4 is 5.69 Å². The third-order valence-corrected chi connectivity index (χ3v) is 6.05. The molecule has 0 amide bonds. The summed E-state index contributed by atoms with van der Waals surface area (Å²) in [5.41, 5.74) is -0.598. The molecule has 0 aromatic heterocycles. The van der Waals surface area contributed by atoms with Gasteiger partial charge in [-0.1, -0.05) is 30.3 Å². The van der Waals surface area contributed by atoms with Gasteiger partial charge in [-0.2, -0.15) is 22.0 Å². The lowest BCUT2D eigenvalue weighted by molar-refractivity contribution is -0.289. The van der Waals surface area contributed by atoms with Crippen molar-refractivity contribution in [1.29, 1.82) is 0 Å². The van der Waals surface area contributed by atoms with E-state index in [0.29, 0.717) is 11.8 Å². The third-order valence-electron chi connectivity index (χ3n) is 6.05. The van der Waals surface area contributed by atoms with Gasteiger partial charge in [0.1, 0.15) is 17.2 Å². The molecule has 1 fully saturated rings. The van der Waals surface area contributed by atoms with Crippen LogP contribution in [0.4, 0.5) is 40.8 Å². The molecule has 1 aliphatic carbocycles. The second-order valence-corrected chi connectivity index (χ2v) is 9.18. The monoisotopic (exact) mass is 561 g/mol. The van der Waals surface area contributed by atoms with E-state index in [1.807, 2.05) is 0 Å². The number of anilines is 1. The van der Waals surface area contributed by atoms with E-state index in [1.54, 1.807) is 17.0 Å². The van der Waals surface area contributed by atoms with E-state index in [2.05, 4.69) is 4.74 Å². The minimum Gasteiger partial charge on any atom is -0.457 e. The van der Waals surface area contributed by atoms with E-state index >= 15 is 0 Å². The Morgan fingerprint density at radius 3 is 2.05 bits per heavy atom. The van der Waals surface area contributed by atoms with Crippen molar-refractivity contribution in [2.24, 2.45) is 5.92 Å². The first-order chi connectivity index (χ1) is 18.2. The van der Waals surface area contributed by atoms with Gasteiger partial charge >= 0.3 is 18.5 Å². The molecule has 1 N–H and O–H groups in total. The number of ether oxygens (including phenoxy) is 2. The molecular weight excluding hydrogens is 538 g/mol. The molecule has 39 heavy (non-hydrogen) atoms. The molecule has 1 unspecified atom stereocenters. The summed E-state index contributed by atoms with van der Waals surface area (Å²) in [4.78, 5) is 1.61. The van der Waals surface area contributed by atoms with Gasteiger partial charge in [0.25, 0.3) is 0 Å². The average Bonchev–Trinajstić information content (AvgIpc) is 3.68. The molecule has 0 bridgehead atoms. The van der Waals surface area contributed by atoms with Gasteiger partial charge in [-0.3, -0.25) is 0 Å². The highest BCUT2D eigenvalue weighted by molar-refractivity contribution is 5.52. The number of hydrogen-bond donors (Lipinski definition) is 1. The molecular formula is C27H23F8NO3. The smallest absolute Gasteiger partial charge is 0.457 e. The molecule has 0 spiro atoms. The molecule has 0 heterocycles. The van der Waals surface area contributed by atoms with E-state index in [-0.39, 0.29) is 36.1 Å². The zero-order valence-corrected chi connectivity index (χ0v) is 20.1. The maximum atomic E-state index is 13.9. The first-order valence-electron chi connectivity index (χ1n) is 11.8. The quantitative estimate of drug-likeness (QED) is 0.257. The van der Waals surface area contributed by atoms with Gasteiger partial charge in [-0.25, -0.2) is 0 Å². The Morgan fingerprint density at radius 2 is 1.41 bits per heavy atom. The zero-order chi connectivity index (χ0) is 28.4. The van der Waals surface area contributed by atoms with Gasteiger partial charge in [0.2, 0.25) is 0 Å². The number of benzene rings is 3. The second kappa shape index (κ2) is 10.9. The van der Waals surface area contributed by atoms with Crippen LogP contribution in [0.5, 0.6) is 17.2 Å². The normalized spacial score (nSPS) is 15.1. The van der Waals surface area contributed by atoms with Crippen LogP contribution >= 0.6 is 0 Å². The summed E-state index contributed by atoms with van der Waals surface area (Å²) in [6, 6.07) is 15.1. The van der Waals surface area contributed by atoms with Crippen LogP contribution in [0.15, 0.2) is 72.8 Å². The molecule has 12 heteroatoms. The highest BCUT2D eigenvalue weighted by Crippen LogP contribution is 2.44. The summed E-state index contributed by atoms with van der Waals surface area (Å²) < 4.78 is 114. The third kappa shape index (κ3) is 7.53. The minimum atomic E-state index is -5.76. The van der Waals surface area contributed by atoms with Crippen LogP contribution < -0.4 is 14.4 Å². The van der Waals surface area contributed by atoms with Crippen molar-refractivity contribution in [3.05, 3.63) is 83.9 Å². The Balaban J connectivity index is 1.58. The van der Waals surface area contributed by atoms with E-state index in [4.69, 9.17) is 4.74 Å². The van der Waals surface area contributed by atoms with Gasteiger partial charge in [-0.05, 0) is 54.7 Å². The fourth-order valence-electron chi connectivity index (χ4n) is 3.98. The number of rotatable bonds is 10. The number of aliphatic hydroxyl groups is 1. The Morgan fingerprint density at radius 1 is 0.795 bits per heavy atom. The van der Waals surface area contributed by atoms with Crippen molar-refractivity contribution < 1.29 is 49.7 Å². The Labute approximate surface area is 218 Å². The summed E-state index contributed by atoms with van der Waals surface area (Å²) in [6.45, 7) is -0.0488. The van der Waals surface area contributed by atoms with Crippen molar-refractivity contribution in [1.82, 2.24) is 0 Å². The second-order valence-electron chi connectivity index (χ2n) is 9.18. The van der Waals surface area contributed by atoms with Gasteiger partial charge in [0.05, 0.1) is 6.10 Å². The summed E-state index contributed by atoms with van der Waals surface area (Å²) in [6.07, 6.45) is -9.81. The van der Waals surface area contributed by atoms with Crippen molar-refractivity contribution in [2.45, 2.75) is 44.0 Å². The predicted molar refractivity (Wildman–Crippen MR) is 126 cm³/mol. The van der Waals surface area contributed by atoms with Crippen molar-refractivity contribution in [3.8, 4) is 17.2 Å². The molecule has 4 nitrogen and oxygen atoms in total. The van der Waals surface area contributed by atoms with Gasteiger partial charge in [0, 0.05) is 36.5 Å². The fourth-order valence-corrected chi connectivity index (χ4v) is 3.98. The van der Waals surface area contributed by atoms with Gasteiger partial charge in [0.15, 0.2) is 0 Å². The van der Waals surface area contributed by atoms with Gasteiger partial charge < -0.3 is 19.5 Å². The lowest BCUT2D eigenvalue weighted by atomic mass is 10.0. The molecule has 1 atom stereocenters. The highest BCUT2D eigenvalue weighted by Gasteiger charge is 2.58.